The number of fused-ring (bicyclic) bond motifs is 1. The lowest BCUT2D eigenvalue weighted by molar-refractivity contribution is 0.102. The molecule has 0 unspecified atom stereocenters. The summed E-state index contributed by atoms with van der Waals surface area (Å²) in [5.41, 5.74) is 2.11. The van der Waals surface area contributed by atoms with E-state index >= 15 is 0 Å². The largest absolute Gasteiger partial charge is 0.298 e. The van der Waals surface area contributed by atoms with E-state index in [2.05, 4.69) is 10.3 Å². The molecule has 164 valence electrons. The first kappa shape index (κ1) is 22.2. The van der Waals surface area contributed by atoms with E-state index in [4.69, 9.17) is 11.6 Å². The lowest BCUT2D eigenvalue weighted by Gasteiger charge is -2.30. The van der Waals surface area contributed by atoms with E-state index in [1.54, 1.807) is 7.05 Å². The first-order valence-electron chi connectivity index (χ1n) is 10.2. The molecule has 0 bridgehead atoms. The highest BCUT2D eigenvalue weighted by Crippen LogP contribution is 2.31. The van der Waals surface area contributed by atoms with Gasteiger partial charge < -0.3 is 0 Å². The van der Waals surface area contributed by atoms with E-state index in [0.29, 0.717) is 15.7 Å². The number of sulfonamides is 1. The monoisotopic (exact) mass is 477 g/mol. The summed E-state index contributed by atoms with van der Waals surface area (Å²) in [5.74, 6) is -0.340. The van der Waals surface area contributed by atoms with Gasteiger partial charge in [0.25, 0.3) is 5.91 Å². The van der Waals surface area contributed by atoms with E-state index in [9.17, 15) is 13.2 Å². The van der Waals surface area contributed by atoms with E-state index in [1.807, 2.05) is 19.1 Å². The molecule has 1 aromatic heterocycles. The highest BCUT2D eigenvalue weighted by Gasteiger charge is 2.29. The molecule has 1 N–H and O–H groups in total. The van der Waals surface area contributed by atoms with Gasteiger partial charge in [0.2, 0.25) is 10.0 Å². The number of anilines is 1. The van der Waals surface area contributed by atoms with Crippen LogP contribution < -0.4 is 5.32 Å². The van der Waals surface area contributed by atoms with Crippen LogP contribution in [0.5, 0.6) is 0 Å². The second-order valence-electron chi connectivity index (χ2n) is 7.88. The Morgan fingerprint density at radius 3 is 2.52 bits per heavy atom. The number of aromatic nitrogens is 1. The number of carbonyl (C=O) groups excluding carboxylic acids is 1. The molecule has 0 spiro atoms. The Labute approximate surface area is 191 Å². The third-order valence-corrected chi connectivity index (χ3v) is 8.81. The van der Waals surface area contributed by atoms with Gasteiger partial charge in [-0.1, -0.05) is 42.2 Å². The van der Waals surface area contributed by atoms with Gasteiger partial charge >= 0.3 is 0 Å². The number of thiazole rings is 1. The standard InChI is InChI=1S/C22H24ClN3O3S2/c1-14-12-16(23)13-19-20(14)24-22(30-19)25-21(27)15-8-10-18(11-9-15)31(28,29)26(2)17-6-4-3-5-7-17/h8-13,17H,3-7H2,1-2H3,(H,24,25,27). The zero-order chi connectivity index (χ0) is 22.2. The molecule has 3 aromatic rings. The van der Waals surface area contributed by atoms with Crippen molar-refractivity contribution in [3.63, 3.8) is 0 Å². The number of carbonyl (C=O) groups is 1. The fraction of sp³-hybridized carbons (Fsp3) is 0.364. The average molecular weight is 478 g/mol. The number of amides is 1. The molecule has 1 heterocycles. The van der Waals surface area contributed by atoms with Gasteiger partial charge in [-0.25, -0.2) is 13.4 Å². The van der Waals surface area contributed by atoms with Crippen LogP contribution in [0.15, 0.2) is 41.3 Å². The van der Waals surface area contributed by atoms with Crippen molar-refractivity contribution in [2.24, 2.45) is 0 Å². The Hall–Kier alpha value is -2.00. The Morgan fingerprint density at radius 2 is 1.84 bits per heavy atom. The quantitative estimate of drug-likeness (QED) is 0.528. The summed E-state index contributed by atoms with van der Waals surface area (Å²) in [4.78, 5) is 17.3. The van der Waals surface area contributed by atoms with Gasteiger partial charge in [-0.3, -0.25) is 10.1 Å². The van der Waals surface area contributed by atoms with E-state index in [-0.39, 0.29) is 16.8 Å². The number of nitrogens with zero attached hydrogens (tertiary/aromatic N) is 2. The Bertz CT molecular complexity index is 1220. The topological polar surface area (TPSA) is 79.4 Å². The lowest BCUT2D eigenvalue weighted by atomic mass is 9.96. The second-order valence-corrected chi connectivity index (χ2v) is 11.3. The van der Waals surface area contributed by atoms with Crippen LogP contribution in [0.3, 0.4) is 0 Å². The molecule has 6 nitrogen and oxygen atoms in total. The first-order valence-corrected chi connectivity index (χ1v) is 12.9. The minimum absolute atomic E-state index is 0.0396. The van der Waals surface area contributed by atoms with Gasteiger partial charge in [0, 0.05) is 23.7 Å². The van der Waals surface area contributed by atoms with E-state index in [0.717, 1.165) is 47.9 Å². The SMILES string of the molecule is Cc1cc(Cl)cc2sc(NC(=O)c3ccc(S(=O)(=O)N(C)C4CCCCC4)cc3)nc12. The van der Waals surface area contributed by atoms with Crippen LogP contribution in [0.1, 0.15) is 48.0 Å². The number of hydrogen-bond donors (Lipinski definition) is 1. The normalized spacial score (nSPS) is 15.5. The zero-order valence-electron chi connectivity index (χ0n) is 17.4. The molecule has 1 aliphatic rings. The van der Waals surface area contributed by atoms with Crippen molar-refractivity contribution in [2.75, 3.05) is 12.4 Å². The smallest absolute Gasteiger partial charge is 0.257 e. The van der Waals surface area contributed by atoms with Crippen LogP contribution in [0.4, 0.5) is 5.13 Å². The van der Waals surface area contributed by atoms with Crippen molar-refractivity contribution >= 4 is 54.2 Å². The summed E-state index contributed by atoms with van der Waals surface area (Å²) in [5, 5.41) is 3.89. The fourth-order valence-electron chi connectivity index (χ4n) is 3.96. The Kier molecular flexibility index (Phi) is 6.35. The van der Waals surface area contributed by atoms with Crippen LogP contribution in [0.25, 0.3) is 10.2 Å². The first-order chi connectivity index (χ1) is 14.8. The van der Waals surface area contributed by atoms with Crippen LogP contribution in [-0.4, -0.2) is 36.7 Å². The summed E-state index contributed by atoms with van der Waals surface area (Å²) < 4.78 is 28.3. The number of benzene rings is 2. The molecule has 1 aliphatic carbocycles. The zero-order valence-corrected chi connectivity index (χ0v) is 19.8. The molecule has 9 heteroatoms. The molecule has 0 saturated heterocycles. The van der Waals surface area contributed by atoms with Gasteiger partial charge in [0.1, 0.15) is 0 Å². The van der Waals surface area contributed by atoms with Crippen molar-refractivity contribution in [2.45, 2.75) is 50.0 Å². The molecule has 0 atom stereocenters. The summed E-state index contributed by atoms with van der Waals surface area (Å²) in [6.45, 7) is 1.92. The van der Waals surface area contributed by atoms with Crippen LogP contribution in [0, 0.1) is 6.92 Å². The molecule has 1 amide bonds. The van der Waals surface area contributed by atoms with Crippen LogP contribution in [-0.2, 0) is 10.0 Å². The van der Waals surface area contributed by atoms with E-state index < -0.39 is 10.0 Å². The molecule has 0 radical (unpaired) electrons. The predicted molar refractivity (Wildman–Crippen MR) is 126 cm³/mol. The molecule has 0 aliphatic heterocycles. The maximum absolute atomic E-state index is 13.0. The molecule has 1 saturated carbocycles. The summed E-state index contributed by atoms with van der Waals surface area (Å²) in [7, 11) is -1.94. The average Bonchev–Trinajstić information content (AvgIpc) is 3.16. The van der Waals surface area contributed by atoms with Crippen molar-refractivity contribution < 1.29 is 13.2 Å². The van der Waals surface area contributed by atoms with Crippen LogP contribution >= 0.6 is 22.9 Å². The number of nitrogens with one attached hydrogen (secondary N) is 1. The Morgan fingerprint density at radius 1 is 1.16 bits per heavy atom. The number of halogens is 1. The van der Waals surface area contributed by atoms with Gasteiger partial charge in [-0.05, 0) is 61.7 Å². The maximum Gasteiger partial charge on any atom is 0.257 e. The van der Waals surface area contributed by atoms with Crippen molar-refractivity contribution in [3.05, 3.63) is 52.5 Å². The van der Waals surface area contributed by atoms with Gasteiger partial charge in [0.05, 0.1) is 15.1 Å². The molecule has 2 aromatic carbocycles. The number of aryl methyl sites for hydroxylation is 1. The summed E-state index contributed by atoms with van der Waals surface area (Å²) >= 11 is 7.44. The summed E-state index contributed by atoms with van der Waals surface area (Å²) in [6.07, 6.45) is 5.06. The number of rotatable bonds is 5. The van der Waals surface area contributed by atoms with Gasteiger partial charge in [-0.2, -0.15) is 4.31 Å². The molecular weight excluding hydrogens is 454 g/mol. The second kappa shape index (κ2) is 8.86. The van der Waals surface area contributed by atoms with Gasteiger partial charge in [0.15, 0.2) is 5.13 Å². The minimum Gasteiger partial charge on any atom is -0.298 e. The molecule has 4 rings (SSSR count). The van der Waals surface area contributed by atoms with Crippen molar-refractivity contribution in [1.29, 1.82) is 0 Å². The fourth-order valence-corrected chi connectivity index (χ4v) is 6.69. The highest BCUT2D eigenvalue weighted by atomic mass is 35.5. The minimum atomic E-state index is -3.59. The number of hydrogen-bond acceptors (Lipinski definition) is 5. The predicted octanol–water partition coefficient (Wildman–Crippen LogP) is 5.46. The highest BCUT2D eigenvalue weighted by molar-refractivity contribution is 7.89. The molecule has 31 heavy (non-hydrogen) atoms. The van der Waals surface area contributed by atoms with Crippen LogP contribution in [0.2, 0.25) is 5.02 Å². The third-order valence-electron chi connectivity index (χ3n) is 5.75. The summed E-state index contributed by atoms with van der Waals surface area (Å²) in [6, 6.07) is 9.74. The lowest BCUT2D eigenvalue weighted by Crippen LogP contribution is -2.38. The van der Waals surface area contributed by atoms with E-state index in [1.165, 1.54) is 39.9 Å². The van der Waals surface area contributed by atoms with Crippen molar-refractivity contribution in [3.8, 4) is 0 Å². The molecular formula is C22H24ClN3O3S2. The Balaban J connectivity index is 1.50. The third kappa shape index (κ3) is 4.62. The van der Waals surface area contributed by atoms with Crippen molar-refractivity contribution in [1.82, 2.24) is 9.29 Å². The van der Waals surface area contributed by atoms with Gasteiger partial charge in [-0.15, -0.1) is 0 Å². The molecule has 1 fully saturated rings. The maximum atomic E-state index is 13.0.